The molecule has 4 aromatic rings. The van der Waals surface area contributed by atoms with E-state index in [4.69, 9.17) is 14.2 Å². The van der Waals surface area contributed by atoms with Gasteiger partial charge in [-0.25, -0.2) is 4.79 Å². The summed E-state index contributed by atoms with van der Waals surface area (Å²) in [7, 11) is 2.56. The van der Waals surface area contributed by atoms with Crippen LogP contribution in [0, 0.1) is 5.41 Å². The Kier molecular flexibility index (Phi) is 36.5. The van der Waals surface area contributed by atoms with Gasteiger partial charge in [0.2, 0.25) is 0 Å². The van der Waals surface area contributed by atoms with E-state index in [2.05, 4.69) is 206 Å². The van der Waals surface area contributed by atoms with E-state index in [9.17, 15) is 14.4 Å². The number of alkyl halides is 1. The van der Waals surface area contributed by atoms with Crippen molar-refractivity contribution in [2.45, 2.75) is 188 Å². The second-order valence-corrected chi connectivity index (χ2v) is 21.4. The quantitative estimate of drug-likeness (QED) is 0.0173. The van der Waals surface area contributed by atoms with Gasteiger partial charge in [0.15, 0.2) is 0 Å². The predicted molar refractivity (Wildman–Crippen MR) is 311 cm³/mol. The summed E-state index contributed by atoms with van der Waals surface area (Å²) in [5.74, 6) is 2.10. The van der Waals surface area contributed by atoms with E-state index in [0.717, 1.165) is 38.5 Å². The predicted octanol–water partition coefficient (Wildman–Crippen LogP) is 18.2. The number of benzene rings is 4. The van der Waals surface area contributed by atoms with Gasteiger partial charge >= 0.3 is 17.9 Å². The maximum Gasteiger partial charge on any atom is 0.333 e. The van der Waals surface area contributed by atoms with Gasteiger partial charge in [-0.05, 0) is 157 Å². The van der Waals surface area contributed by atoms with E-state index in [1.807, 2.05) is 27.7 Å². The molecule has 0 aliphatic heterocycles. The van der Waals surface area contributed by atoms with Crippen LogP contribution >= 0.6 is 23.9 Å². The number of unbranched alkanes of at least 4 members (excludes halogenated alkanes) is 1. The average Bonchev–Trinajstić information content (AvgIpc) is 3.39. The molecule has 0 heterocycles. The summed E-state index contributed by atoms with van der Waals surface area (Å²) >= 11 is 7.36. The molecule has 0 radical (unpaired) electrons. The molecule has 394 valence electrons. The highest BCUT2D eigenvalue weighted by molar-refractivity contribution is 9.10. The van der Waals surface area contributed by atoms with Gasteiger partial charge in [0.05, 0.1) is 25.2 Å². The van der Waals surface area contributed by atoms with Gasteiger partial charge < -0.3 is 14.2 Å². The van der Waals surface area contributed by atoms with Crippen LogP contribution < -0.4 is 0 Å². The van der Waals surface area contributed by atoms with Crippen LogP contribution in [0.2, 0.25) is 0 Å². The Labute approximate surface area is 448 Å². The lowest BCUT2D eigenvalue weighted by Crippen LogP contribution is -2.39. The fraction of sp³-hybridized carbons (Fsp3) is 0.532. The number of esters is 3. The van der Waals surface area contributed by atoms with Crippen molar-refractivity contribution in [1.82, 2.24) is 0 Å². The van der Waals surface area contributed by atoms with E-state index in [1.165, 1.54) is 47.1 Å². The van der Waals surface area contributed by atoms with Crippen LogP contribution in [0.4, 0.5) is 0 Å². The molecule has 0 bridgehead atoms. The number of hydrogen-bond donors (Lipinski definition) is 0. The van der Waals surface area contributed by atoms with Crippen molar-refractivity contribution in [3.8, 4) is 0 Å². The fourth-order valence-corrected chi connectivity index (χ4v) is 8.44. The molecule has 4 rings (SSSR count). The third kappa shape index (κ3) is 28.2. The van der Waals surface area contributed by atoms with Gasteiger partial charge in [0.25, 0.3) is 0 Å². The largest absolute Gasteiger partial charge is 0.465 e. The first-order chi connectivity index (χ1) is 33.8. The van der Waals surface area contributed by atoms with Crippen molar-refractivity contribution in [3.63, 3.8) is 0 Å². The van der Waals surface area contributed by atoms with E-state index in [0.29, 0.717) is 61.4 Å². The zero-order chi connectivity index (χ0) is 53.8. The molecular formula is C62H92BrO6PS. The number of carbonyl (C=O) groups is 3. The maximum absolute atomic E-state index is 12.8. The van der Waals surface area contributed by atoms with E-state index in [1.54, 1.807) is 13.8 Å². The number of rotatable bonds is 24. The Morgan fingerprint density at radius 2 is 0.915 bits per heavy atom. The standard InChI is InChI=1S/C31H43BrO4.C14H22.C10H14.C7H12O2.HPS/c1-6-20-35-29(34)31(5,32)23-30(3,4)28(33)36-21-14-13-19-27(26-17-11-8-12-18-26)22-24(2)25-15-9-7-10-16-25;1-5-11(3)13-7-9-14(10-8-13)12(4)6-2;1-3-9(2)10-7-5-4-6-8-10;1-4-5-9-7(8)6(2)3;1-2/h7-12,15-18,24,27H,6,13-14,19-23H2,1-5H3;7-12H,5-6H2,1-4H3;4-9H,3H2,1-2H3;2,4-5H2,1,3H3;1H. The van der Waals surface area contributed by atoms with Crippen molar-refractivity contribution >= 4 is 53.7 Å². The lowest BCUT2D eigenvalue weighted by molar-refractivity contribution is -0.156. The van der Waals surface area contributed by atoms with Crippen LogP contribution in [0.25, 0.3) is 0 Å². The van der Waals surface area contributed by atoms with Gasteiger partial charge in [-0.2, -0.15) is 0 Å². The number of hydrogen-bond acceptors (Lipinski definition) is 7. The molecule has 6 unspecified atom stereocenters. The zero-order valence-corrected chi connectivity index (χ0v) is 49.4. The highest BCUT2D eigenvalue weighted by atomic mass is 79.9. The molecule has 0 spiro atoms. The molecule has 0 aliphatic rings. The number of ether oxygens (including phenoxy) is 3. The summed E-state index contributed by atoms with van der Waals surface area (Å²) in [6.07, 6.45) is 9.52. The SMILES string of the molecule is C=C(C)C(=O)OCCC.CCC(C)c1ccc(C(C)CC)cc1.CCC(C)c1ccccc1.CCCOC(=O)C(C)(Br)CC(C)(C)C(=O)OCCCCC(CC(C)c1ccccc1)c1ccccc1.P=S. The Morgan fingerprint density at radius 3 is 1.31 bits per heavy atom. The normalized spacial score (nSPS) is 13.5. The Bertz CT molecular complexity index is 1980. The summed E-state index contributed by atoms with van der Waals surface area (Å²) in [4.78, 5) is 35.7. The summed E-state index contributed by atoms with van der Waals surface area (Å²) in [6, 6.07) is 41.2. The van der Waals surface area contributed by atoms with Gasteiger partial charge in [-0.1, -0.05) is 212 Å². The topological polar surface area (TPSA) is 78.9 Å². The van der Waals surface area contributed by atoms with Crippen molar-refractivity contribution < 1.29 is 28.6 Å². The Morgan fingerprint density at radius 1 is 0.549 bits per heavy atom. The highest BCUT2D eigenvalue weighted by Gasteiger charge is 2.42. The average molecular weight is 1080 g/mol. The maximum atomic E-state index is 12.8. The van der Waals surface area contributed by atoms with E-state index < -0.39 is 9.74 Å². The first-order valence-corrected chi connectivity index (χ1v) is 28.5. The molecule has 0 aliphatic carbocycles. The minimum Gasteiger partial charge on any atom is -0.465 e. The molecule has 0 saturated carbocycles. The van der Waals surface area contributed by atoms with Crippen LogP contribution in [0.1, 0.15) is 212 Å². The lowest BCUT2D eigenvalue weighted by Gasteiger charge is -2.30. The summed E-state index contributed by atoms with van der Waals surface area (Å²) in [5.41, 5.74) is 6.78. The van der Waals surface area contributed by atoms with Crippen molar-refractivity contribution in [1.29, 1.82) is 0 Å². The van der Waals surface area contributed by atoms with Gasteiger partial charge in [-0.3, -0.25) is 9.59 Å². The molecule has 4 aromatic carbocycles. The van der Waals surface area contributed by atoms with Crippen LogP contribution in [0.3, 0.4) is 0 Å². The summed E-state index contributed by atoms with van der Waals surface area (Å²) in [5, 5.41) is 0. The molecule has 0 aromatic heterocycles. The van der Waals surface area contributed by atoms with Gasteiger partial charge in [0.1, 0.15) is 4.32 Å². The minimum atomic E-state index is -0.928. The molecule has 6 atom stereocenters. The fourth-order valence-electron chi connectivity index (χ4n) is 7.62. The molecular weight excluding hydrogens is 984 g/mol. The molecule has 0 N–H and O–H groups in total. The second kappa shape index (κ2) is 38.6. The van der Waals surface area contributed by atoms with Crippen molar-refractivity contribution in [2.75, 3.05) is 19.8 Å². The van der Waals surface area contributed by atoms with Crippen molar-refractivity contribution in [2.24, 2.45) is 5.41 Å². The van der Waals surface area contributed by atoms with Crippen molar-refractivity contribution in [3.05, 3.63) is 155 Å². The van der Waals surface area contributed by atoms with Crippen LogP contribution in [-0.2, 0) is 40.4 Å². The van der Waals surface area contributed by atoms with E-state index in [-0.39, 0.29) is 17.9 Å². The second-order valence-electron chi connectivity index (χ2n) is 19.6. The summed E-state index contributed by atoms with van der Waals surface area (Å²) < 4.78 is 14.7. The first kappa shape index (κ1) is 67.0. The molecule has 0 fully saturated rings. The minimum absolute atomic E-state index is 0.284. The highest BCUT2D eigenvalue weighted by Crippen LogP contribution is 2.37. The zero-order valence-electron chi connectivity index (χ0n) is 46.0. The Balaban J connectivity index is 0.00000113. The molecule has 71 heavy (non-hydrogen) atoms. The molecule has 9 heteroatoms. The monoisotopic (exact) mass is 1070 g/mol. The summed E-state index contributed by atoms with van der Waals surface area (Å²) in [6.45, 7) is 31.5. The number of halogens is 1. The lowest BCUT2D eigenvalue weighted by atomic mass is 9.83. The third-order valence-electron chi connectivity index (χ3n) is 12.7. The third-order valence-corrected chi connectivity index (χ3v) is 13.3. The van der Waals surface area contributed by atoms with Gasteiger partial charge in [0, 0.05) is 5.57 Å². The smallest absolute Gasteiger partial charge is 0.333 e. The van der Waals surface area contributed by atoms with E-state index >= 15 is 0 Å². The molecule has 0 saturated heterocycles. The van der Waals surface area contributed by atoms with Crippen LogP contribution in [0.15, 0.2) is 127 Å². The Hall–Kier alpha value is -3.97. The van der Waals surface area contributed by atoms with Gasteiger partial charge in [-0.15, -0.1) is 0 Å². The molecule has 6 nitrogen and oxygen atoms in total. The molecule has 0 amide bonds. The van der Waals surface area contributed by atoms with Crippen LogP contribution in [-0.4, -0.2) is 42.1 Å². The van der Waals surface area contributed by atoms with Crippen LogP contribution in [0.5, 0.6) is 0 Å². The first-order valence-electron chi connectivity index (χ1n) is 26.1. The number of carbonyl (C=O) groups excluding carboxylic acids is 3.